The first-order chi connectivity index (χ1) is 7.61. The third-order valence-corrected chi connectivity index (χ3v) is 4.18. The summed E-state index contributed by atoms with van der Waals surface area (Å²) in [5.41, 5.74) is 2.12. The molecule has 2 nitrogen and oxygen atoms in total. The van der Waals surface area contributed by atoms with Crippen LogP contribution in [0.15, 0.2) is 22.7 Å². The van der Waals surface area contributed by atoms with E-state index in [4.69, 9.17) is 11.6 Å². The van der Waals surface area contributed by atoms with Crippen molar-refractivity contribution >= 4 is 39.1 Å². The van der Waals surface area contributed by atoms with Gasteiger partial charge in [-0.1, -0.05) is 22.0 Å². The van der Waals surface area contributed by atoms with Crippen LogP contribution in [0.25, 0.3) is 0 Å². The molecule has 0 N–H and O–H groups in total. The lowest BCUT2D eigenvalue weighted by atomic mass is 10.1. The molecule has 1 aromatic rings. The van der Waals surface area contributed by atoms with E-state index in [1.807, 2.05) is 30.0 Å². The molecule has 1 aliphatic heterocycles. The first-order valence-electron chi connectivity index (χ1n) is 5.24. The molecule has 0 aromatic heterocycles. The zero-order chi connectivity index (χ0) is 11.7. The minimum absolute atomic E-state index is 0.168. The van der Waals surface area contributed by atoms with Crippen LogP contribution < -0.4 is 4.90 Å². The van der Waals surface area contributed by atoms with Gasteiger partial charge < -0.3 is 4.90 Å². The Morgan fingerprint density at radius 1 is 1.56 bits per heavy atom. The van der Waals surface area contributed by atoms with Gasteiger partial charge in [0.1, 0.15) is 0 Å². The Labute approximate surface area is 109 Å². The molecule has 2 rings (SSSR count). The molecular formula is C12H13BrClNO. The fourth-order valence-electron chi connectivity index (χ4n) is 1.88. The SMILES string of the molecule is Cc1ccc(N2CC(CCl)CC2=O)cc1Br. The summed E-state index contributed by atoms with van der Waals surface area (Å²) >= 11 is 9.28. The second kappa shape index (κ2) is 4.76. The predicted octanol–water partition coefficient (Wildman–Crippen LogP) is 3.35. The number of carbonyl (C=O) groups excluding carboxylic acids is 1. The number of halogens is 2. The summed E-state index contributed by atoms with van der Waals surface area (Å²) in [6, 6.07) is 5.99. The van der Waals surface area contributed by atoms with Crippen molar-refractivity contribution in [3.8, 4) is 0 Å². The van der Waals surface area contributed by atoms with Crippen LogP contribution in [0.1, 0.15) is 12.0 Å². The maximum Gasteiger partial charge on any atom is 0.227 e. The quantitative estimate of drug-likeness (QED) is 0.767. The molecule has 1 fully saturated rings. The third-order valence-electron chi connectivity index (χ3n) is 2.89. The monoisotopic (exact) mass is 301 g/mol. The van der Waals surface area contributed by atoms with Gasteiger partial charge in [-0.25, -0.2) is 0 Å². The lowest BCUT2D eigenvalue weighted by molar-refractivity contribution is -0.117. The molecule has 4 heteroatoms. The topological polar surface area (TPSA) is 20.3 Å². The highest BCUT2D eigenvalue weighted by Gasteiger charge is 2.29. The number of anilines is 1. The average molecular weight is 303 g/mol. The van der Waals surface area contributed by atoms with E-state index in [1.165, 1.54) is 5.56 Å². The van der Waals surface area contributed by atoms with E-state index in [0.29, 0.717) is 12.3 Å². The molecule has 0 spiro atoms. The largest absolute Gasteiger partial charge is 0.312 e. The molecule has 16 heavy (non-hydrogen) atoms. The summed E-state index contributed by atoms with van der Waals surface area (Å²) in [5, 5.41) is 0. The number of alkyl halides is 1. The minimum Gasteiger partial charge on any atom is -0.312 e. The second-order valence-corrected chi connectivity index (χ2v) is 5.33. The van der Waals surface area contributed by atoms with E-state index in [0.717, 1.165) is 16.7 Å². The standard InChI is InChI=1S/C12H13BrClNO/c1-8-2-3-10(5-11(8)13)15-7-9(6-14)4-12(15)16/h2-3,5,9H,4,6-7H2,1H3. The molecule has 1 aliphatic rings. The van der Waals surface area contributed by atoms with Crippen molar-refractivity contribution in [2.45, 2.75) is 13.3 Å². The molecule has 0 radical (unpaired) electrons. The van der Waals surface area contributed by atoms with Crippen molar-refractivity contribution in [3.05, 3.63) is 28.2 Å². The van der Waals surface area contributed by atoms with Crippen LogP contribution in [0, 0.1) is 12.8 Å². The number of nitrogens with zero attached hydrogens (tertiary/aromatic N) is 1. The van der Waals surface area contributed by atoms with E-state index in [1.54, 1.807) is 0 Å². The Kier molecular flexibility index (Phi) is 3.55. The number of rotatable bonds is 2. The number of hydrogen-bond acceptors (Lipinski definition) is 1. The van der Waals surface area contributed by atoms with Crippen molar-refractivity contribution in [2.24, 2.45) is 5.92 Å². The van der Waals surface area contributed by atoms with E-state index in [9.17, 15) is 4.79 Å². The second-order valence-electron chi connectivity index (χ2n) is 4.16. The molecule has 0 bridgehead atoms. The van der Waals surface area contributed by atoms with Gasteiger partial charge in [-0.2, -0.15) is 0 Å². The summed E-state index contributed by atoms with van der Waals surface area (Å²) in [5.74, 6) is 1.01. The van der Waals surface area contributed by atoms with Crippen LogP contribution in [-0.2, 0) is 4.79 Å². The highest BCUT2D eigenvalue weighted by molar-refractivity contribution is 9.10. The van der Waals surface area contributed by atoms with Crippen molar-refractivity contribution in [2.75, 3.05) is 17.3 Å². The van der Waals surface area contributed by atoms with Gasteiger partial charge >= 0.3 is 0 Å². The predicted molar refractivity (Wildman–Crippen MR) is 70.1 cm³/mol. The van der Waals surface area contributed by atoms with Crippen LogP contribution in [0.5, 0.6) is 0 Å². The molecule has 1 aromatic carbocycles. The van der Waals surface area contributed by atoms with E-state index >= 15 is 0 Å². The summed E-state index contributed by atoms with van der Waals surface area (Å²) in [6.07, 6.45) is 0.564. The number of aryl methyl sites for hydroxylation is 1. The first-order valence-corrected chi connectivity index (χ1v) is 6.57. The summed E-state index contributed by atoms with van der Waals surface area (Å²) in [4.78, 5) is 13.6. The summed E-state index contributed by atoms with van der Waals surface area (Å²) in [6.45, 7) is 2.76. The lowest BCUT2D eigenvalue weighted by Crippen LogP contribution is -2.24. The Morgan fingerprint density at radius 3 is 2.88 bits per heavy atom. The summed E-state index contributed by atoms with van der Waals surface area (Å²) in [7, 11) is 0. The number of benzene rings is 1. The molecular weight excluding hydrogens is 289 g/mol. The number of carbonyl (C=O) groups is 1. The van der Waals surface area contributed by atoms with Crippen molar-refractivity contribution in [3.63, 3.8) is 0 Å². The summed E-state index contributed by atoms with van der Waals surface area (Å²) < 4.78 is 1.03. The third kappa shape index (κ3) is 2.25. The highest BCUT2D eigenvalue weighted by Crippen LogP contribution is 2.29. The average Bonchev–Trinajstić information content (AvgIpc) is 2.64. The van der Waals surface area contributed by atoms with Gasteiger partial charge in [0.25, 0.3) is 0 Å². The molecule has 86 valence electrons. The Bertz CT molecular complexity index is 421. The van der Waals surface area contributed by atoms with Crippen molar-refractivity contribution in [1.29, 1.82) is 0 Å². The van der Waals surface area contributed by atoms with Crippen LogP contribution >= 0.6 is 27.5 Å². The molecule has 0 aliphatic carbocycles. The van der Waals surface area contributed by atoms with Crippen molar-refractivity contribution < 1.29 is 4.79 Å². The lowest BCUT2D eigenvalue weighted by Gasteiger charge is -2.17. The molecule has 1 heterocycles. The Balaban J connectivity index is 2.24. The Morgan fingerprint density at radius 2 is 2.31 bits per heavy atom. The molecule has 1 amide bonds. The molecule has 0 saturated carbocycles. The van der Waals surface area contributed by atoms with Gasteiger partial charge in [0, 0.05) is 29.0 Å². The van der Waals surface area contributed by atoms with Crippen LogP contribution in [0.2, 0.25) is 0 Å². The Hall–Kier alpha value is -0.540. The smallest absolute Gasteiger partial charge is 0.227 e. The van der Waals surface area contributed by atoms with Crippen molar-refractivity contribution in [1.82, 2.24) is 0 Å². The van der Waals surface area contributed by atoms with Gasteiger partial charge in [0.15, 0.2) is 0 Å². The fraction of sp³-hybridized carbons (Fsp3) is 0.417. The van der Waals surface area contributed by atoms with Gasteiger partial charge in [-0.15, -0.1) is 11.6 Å². The maximum atomic E-state index is 11.8. The molecule has 1 atom stereocenters. The van der Waals surface area contributed by atoms with Gasteiger partial charge in [-0.3, -0.25) is 4.79 Å². The van der Waals surface area contributed by atoms with Gasteiger partial charge in [-0.05, 0) is 30.5 Å². The minimum atomic E-state index is 0.168. The van der Waals surface area contributed by atoms with E-state index < -0.39 is 0 Å². The maximum absolute atomic E-state index is 11.8. The van der Waals surface area contributed by atoms with E-state index in [-0.39, 0.29) is 11.8 Å². The zero-order valence-electron chi connectivity index (χ0n) is 9.04. The number of amides is 1. The zero-order valence-corrected chi connectivity index (χ0v) is 11.4. The first kappa shape index (κ1) is 11.9. The highest BCUT2D eigenvalue weighted by atomic mass is 79.9. The fourth-order valence-corrected chi connectivity index (χ4v) is 2.46. The van der Waals surface area contributed by atoms with E-state index in [2.05, 4.69) is 15.9 Å². The molecule has 1 saturated heterocycles. The van der Waals surface area contributed by atoms with Crippen LogP contribution in [0.4, 0.5) is 5.69 Å². The number of hydrogen-bond donors (Lipinski definition) is 0. The normalized spacial score (nSPS) is 20.6. The molecule has 1 unspecified atom stereocenters. The van der Waals surface area contributed by atoms with Gasteiger partial charge in [0.05, 0.1) is 0 Å². The van der Waals surface area contributed by atoms with Gasteiger partial charge in [0.2, 0.25) is 5.91 Å². The van der Waals surface area contributed by atoms with Crippen LogP contribution in [-0.4, -0.2) is 18.3 Å². The van der Waals surface area contributed by atoms with Crippen LogP contribution in [0.3, 0.4) is 0 Å².